The highest BCUT2D eigenvalue weighted by molar-refractivity contribution is 7.94. The van der Waals surface area contributed by atoms with E-state index in [9.17, 15) is 17.6 Å². The Labute approximate surface area is 127 Å². The van der Waals surface area contributed by atoms with E-state index in [2.05, 4.69) is 5.32 Å². The number of fused-ring (bicyclic) bond motifs is 1. The van der Waals surface area contributed by atoms with E-state index in [0.717, 1.165) is 5.41 Å². The minimum absolute atomic E-state index is 0.0137. The Kier molecular flexibility index (Phi) is 3.54. The number of sulfone groups is 1. The number of anilines is 1. The Morgan fingerprint density at radius 2 is 1.95 bits per heavy atom. The number of hydrogen-bond donors (Lipinski definition) is 1. The van der Waals surface area contributed by atoms with Gasteiger partial charge in [-0.25, -0.2) is 12.8 Å². The van der Waals surface area contributed by atoms with Crippen LogP contribution in [0.2, 0.25) is 0 Å². The van der Waals surface area contributed by atoms with Crippen molar-refractivity contribution in [3.05, 3.63) is 64.8 Å². The Morgan fingerprint density at radius 3 is 2.73 bits per heavy atom. The summed E-state index contributed by atoms with van der Waals surface area (Å²) >= 11 is 0. The van der Waals surface area contributed by atoms with Crippen LogP contribution in [0.1, 0.15) is 11.1 Å². The van der Waals surface area contributed by atoms with E-state index in [1.54, 1.807) is 18.2 Å². The van der Waals surface area contributed by atoms with Crippen molar-refractivity contribution in [2.24, 2.45) is 0 Å². The van der Waals surface area contributed by atoms with Crippen molar-refractivity contribution in [3.8, 4) is 0 Å². The van der Waals surface area contributed by atoms with Crippen LogP contribution < -0.4 is 5.32 Å². The summed E-state index contributed by atoms with van der Waals surface area (Å²) in [4.78, 5) is 12.1. The number of amides is 1. The lowest BCUT2D eigenvalue weighted by Crippen LogP contribution is -2.14. The third-order valence-corrected chi connectivity index (χ3v) is 4.75. The molecule has 2 aromatic carbocycles. The first-order valence-electron chi connectivity index (χ1n) is 6.55. The topological polar surface area (TPSA) is 63.2 Å². The fraction of sp³-hybridized carbons (Fsp3) is 0.0625. The monoisotopic (exact) mass is 317 g/mol. The van der Waals surface area contributed by atoms with Crippen molar-refractivity contribution in [2.45, 2.75) is 11.3 Å². The maximum Gasteiger partial charge on any atom is 0.228 e. The van der Waals surface area contributed by atoms with E-state index in [1.807, 2.05) is 0 Å². The van der Waals surface area contributed by atoms with Gasteiger partial charge in [-0.05, 0) is 41.5 Å². The minimum Gasteiger partial charge on any atom is -0.326 e. The lowest BCUT2D eigenvalue weighted by Gasteiger charge is -2.07. The summed E-state index contributed by atoms with van der Waals surface area (Å²) in [6, 6.07) is 10.5. The molecule has 0 radical (unpaired) electrons. The van der Waals surface area contributed by atoms with Gasteiger partial charge in [0, 0.05) is 11.1 Å². The lowest BCUT2D eigenvalue weighted by atomic mass is 10.1. The first-order valence-corrected chi connectivity index (χ1v) is 8.10. The van der Waals surface area contributed by atoms with Crippen molar-refractivity contribution in [1.29, 1.82) is 0 Å². The van der Waals surface area contributed by atoms with Crippen LogP contribution in [0.15, 0.2) is 52.8 Å². The molecule has 0 saturated carbocycles. The van der Waals surface area contributed by atoms with E-state index >= 15 is 0 Å². The highest BCUT2D eigenvalue weighted by atomic mass is 32.2. The standard InChI is InChI=1S/C16H12FNO3S/c17-13-3-1-2-11(8-13)9-16(19)18-14-5-4-12-6-7-22(20,21)15(12)10-14/h1-8,10H,9H2,(H,18,19). The van der Waals surface area contributed by atoms with E-state index in [-0.39, 0.29) is 17.2 Å². The van der Waals surface area contributed by atoms with Crippen LogP contribution in [0.25, 0.3) is 6.08 Å². The van der Waals surface area contributed by atoms with E-state index in [4.69, 9.17) is 0 Å². The molecule has 1 amide bonds. The molecule has 3 rings (SSSR count). The molecule has 0 aromatic heterocycles. The second-order valence-electron chi connectivity index (χ2n) is 4.96. The Balaban J connectivity index is 1.76. The zero-order chi connectivity index (χ0) is 15.7. The number of hydrogen-bond acceptors (Lipinski definition) is 3. The van der Waals surface area contributed by atoms with Crippen LogP contribution in [0.3, 0.4) is 0 Å². The van der Waals surface area contributed by atoms with Crippen molar-refractivity contribution in [1.82, 2.24) is 0 Å². The molecule has 1 N–H and O–H groups in total. The third kappa shape index (κ3) is 2.92. The number of halogens is 1. The molecule has 1 heterocycles. The molecule has 0 bridgehead atoms. The largest absolute Gasteiger partial charge is 0.326 e. The molecule has 2 aromatic rings. The van der Waals surface area contributed by atoms with Gasteiger partial charge in [0.15, 0.2) is 0 Å². The number of carbonyl (C=O) groups excluding carboxylic acids is 1. The number of nitrogens with one attached hydrogen (secondary N) is 1. The molecule has 0 spiro atoms. The van der Waals surface area contributed by atoms with Crippen LogP contribution in [0.4, 0.5) is 10.1 Å². The van der Waals surface area contributed by atoms with Crippen molar-refractivity contribution < 1.29 is 17.6 Å². The van der Waals surface area contributed by atoms with E-state index < -0.39 is 15.7 Å². The summed E-state index contributed by atoms with van der Waals surface area (Å²) < 4.78 is 36.6. The number of carbonyl (C=O) groups is 1. The summed E-state index contributed by atoms with van der Waals surface area (Å²) in [7, 11) is -3.41. The van der Waals surface area contributed by atoms with E-state index in [0.29, 0.717) is 16.8 Å². The van der Waals surface area contributed by atoms with Gasteiger partial charge in [-0.3, -0.25) is 4.79 Å². The molecule has 0 saturated heterocycles. The van der Waals surface area contributed by atoms with Crippen LogP contribution in [0, 0.1) is 5.82 Å². The van der Waals surface area contributed by atoms with Gasteiger partial charge < -0.3 is 5.32 Å². The smallest absolute Gasteiger partial charge is 0.228 e. The average Bonchev–Trinajstić information content (AvgIpc) is 2.74. The molecule has 112 valence electrons. The van der Waals surface area contributed by atoms with Crippen LogP contribution in [-0.4, -0.2) is 14.3 Å². The summed E-state index contributed by atoms with van der Waals surface area (Å²) in [5.41, 5.74) is 1.54. The highest BCUT2D eigenvalue weighted by Gasteiger charge is 2.21. The van der Waals surface area contributed by atoms with Crippen molar-refractivity contribution >= 4 is 27.5 Å². The van der Waals surface area contributed by atoms with Gasteiger partial charge in [0.2, 0.25) is 15.7 Å². The second kappa shape index (κ2) is 5.38. The fourth-order valence-corrected chi connectivity index (χ4v) is 3.50. The third-order valence-electron chi connectivity index (χ3n) is 3.28. The molecular weight excluding hydrogens is 305 g/mol. The van der Waals surface area contributed by atoms with Gasteiger partial charge in [-0.1, -0.05) is 18.2 Å². The predicted molar refractivity (Wildman–Crippen MR) is 81.4 cm³/mol. The van der Waals surface area contributed by atoms with Crippen LogP contribution in [0.5, 0.6) is 0 Å². The van der Waals surface area contributed by atoms with Crippen LogP contribution in [-0.2, 0) is 21.1 Å². The van der Waals surface area contributed by atoms with Gasteiger partial charge >= 0.3 is 0 Å². The Morgan fingerprint density at radius 1 is 1.14 bits per heavy atom. The van der Waals surface area contributed by atoms with E-state index in [1.165, 1.54) is 30.3 Å². The average molecular weight is 317 g/mol. The van der Waals surface area contributed by atoms with Crippen molar-refractivity contribution in [2.75, 3.05) is 5.32 Å². The van der Waals surface area contributed by atoms with Gasteiger partial charge in [-0.15, -0.1) is 0 Å². The van der Waals surface area contributed by atoms with Gasteiger partial charge in [0.1, 0.15) is 5.82 Å². The molecule has 0 unspecified atom stereocenters. The maximum absolute atomic E-state index is 13.1. The molecule has 1 aliphatic rings. The zero-order valence-electron chi connectivity index (χ0n) is 11.4. The Bertz CT molecular complexity index is 888. The summed E-state index contributed by atoms with van der Waals surface area (Å²) in [6.45, 7) is 0. The number of benzene rings is 2. The quantitative estimate of drug-likeness (QED) is 0.947. The summed E-state index contributed by atoms with van der Waals surface area (Å²) in [5.74, 6) is -0.742. The molecule has 22 heavy (non-hydrogen) atoms. The first-order chi connectivity index (χ1) is 10.4. The maximum atomic E-state index is 13.1. The molecule has 0 aliphatic carbocycles. The van der Waals surface area contributed by atoms with Gasteiger partial charge in [-0.2, -0.15) is 0 Å². The fourth-order valence-electron chi connectivity index (χ4n) is 2.27. The SMILES string of the molecule is O=C(Cc1cccc(F)c1)Nc1ccc2c(c1)S(=O)(=O)C=C2. The van der Waals surface area contributed by atoms with Crippen LogP contribution >= 0.6 is 0 Å². The van der Waals surface area contributed by atoms with Gasteiger partial charge in [0.25, 0.3) is 0 Å². The second-order valence-corrected chi connectivity index (χ2v) is 6.76. The number of rotatable bonds is 3. The predicted octanol–water partition coefficient (Wildman–Crippen LogP) is 2.76. The highest BCUT2D eigenvalue weighted by Crippen LogP contribution is 2.29. The molecule has 0 atom stereocenters. The first kappa shape index (κ1) is 14.5. The molecule has 0 fully saturated rings. The van der Waals surface area contributed by atoms with Gasteiger partial charge in [0.05, 0.1) is 11.3 Å². The zero-order valence-corrected chi connectivity index (χ0v) is 12.2. The Hall–Kier alpha value is -2.47. The van der Waals surface area contributed by atoms with Crippen molar-refractivity contribution in [3.63, 3.8) is 0 Å². The normalized spacial score (nSPS) is 14.6. The molecule has 1 aliphatic heterocycles. The molecule has 4 nitrogen and oxygen atoms in total. The summed E-state index contributed by atoms with van der Waals surface area (Å²) in [6.07, 6.45) is 1.53. The minimum atomic E-state index is -3.41. The molecular formula is C16H12FNO3S. The lowest BCUT2D eigenvalue weighted by molar-refractivity contribution is -0.115. The molecule has 6 heteroatoms. The summed E-state index contributed by atoms with van der Waals surface area (Å²) in [5, 5.41) is 3.76.